The number of ether oxygens (including phenoxy) is 2. The van der Waals surface area contributed by atoms with E-state index in [0.717, 1.165) is 30.1 Å². The van der Waals surface area contributed by atoms with Crippen LogP contribution in [0, 0.1) is 0 Å². The van der Waals surface area contributed by atoms with Crippen LogP contribution in [0.15, 0.2) is 18.2 Å². The van der Waals surface area contributed by atoms with Crippen LogP contribution in [0.3, 0.4) is 0 Å². The molecule has 1 aliphatic heterocycles. The summed E-state index contributed by atoms with van der Waals surface area (Å²) in [6, 6.07) is 6.01. The van der Waals surface area contributed by atoms with Crippen molar-refractivity contribution >= 4 is 28.7 Å². The highest BCUT2D eigenvalue weighted by molar-refractivity contribution is 7.96. The third kappa shape index (κ3) is 9.48. The molecule has 0 bridgehead atoms. The Kier molecular flexibility index (Phi) is 11.4. The van der Waals surface area contributed by atoms with Crippen LogP contribution in [0.2, 0.25) is 0 Å². The summed E-state index contributed by atoms with van der Waals surface area (Å²) < 4.78 is 23.0. The maximum Gasteiger partial charge on any atom is 0.273 e. The Hall–Kier alpha value is -1.21. The van der Waals surface area contributed by atoms with Crippen LogP contribution >= 0.6 is 12.6 Å². The summed E-state index contributed by atoms with van der Waals surface area (Å²) in [4.78, 5) is 9.09. The summed E-state index contributed by atoms with van der Waals surface area (Å²) in [5, 5.41) is -0.448. The van der Waals surface area contributed by atoms with E-state index in [2.05, 4.69) is 32.2 Å². The van der Waals surface area contributed by atoms with Crippen molar-refractivity contribution in [1.29, 1.82) is 0 Å². The Morgan fingerprint density at radius 2 is 1.81 bits per heavy atom. The average molecular weight is 402 g/mol. The number of carbonyl (C=O) groups excluding carboxylic acids is 1. The SMILES string of the molecule is CCCCCCCCS(=O)C(C)Cc1ccc2c(c1)OCO2.NC(=O)S. The first-order chi connectivity index (χ1) is 12.4. The van der Waals surface area contributed by atoms with Crippen molar-refractivity contribution in [3.63, 3.8) is 0 Å². The number of primary amides is 1. The second kappa shape index (κ2) is 13.0. The van der Waals surface area contributed by atoms with Gasteiger partial charge in [0.2, 0.25) is 6.79 Å². The molecular formula is C19H31NO4S2. The van der Waals surface area contributed by atoms with Gasteiger partial charge in [-0.15, -0.1) is 0 Å². The van der Waals surface area contributed by atoms with Crippen LogP contribution in [0.25, 0.3) is 0 Å². The van der Waals surface area contributed by atoms with Crippen molar-refractivity contribution in [2.75, 3.05) is 12.5 Å². The number of fused-ring (bicyclic) bond motifs is 1. The van der Waals surface area contributed by atoms with E-state index in [1.54, 1.807) is 0 Å². The van der Waals surface area contributed by atoms with Gasteiger partial charge in [0.25, 0.3) is 5.24 Å². The predicted octanol–water partition coefficient (Wildman–Crippen LogP) is 4.45. The van der Waals surface area contributed by atoms with E-state index in [0.29, 0.717) is 6.79 Å². The topological polar surface area (TPSA) is 78.6 Å². The second-order valence-electron chi connectivity index (χ2n) is 6.39. The van der Waals surface area contributed by atoms with E-state index in [1.165, 1.54) is 37.7 Å². The van der Waals surface area contributed by atoms with Gasteiger partial charge in [-0.05, 0) is 30.5 Å². The Balaban J connectivity index is 0.000000765. The van der Waals surface area contributed by atoms with Crippen LogP contribution in [0.1, 0.15) is 57.9 Å². The van der Waals surface area contributed by atoms with Gasteiger partial charge in [0.15, 0.2) is 11.5 Å². The molecule has 1 aromatic rings. The van der Waals surface area contributed by atoms with E-state index in [1.807, 2.05) is 18.2 Å². The number of hydrogen-bond donors (Lipinski definition) is 2. The predicted molar refractivity (Wildman–Crippen MR) is 111 cm³/mol. The first kappa shape index (κ1) is 22.8. The van der Waals surface area contributed by atoms with Crippen molar-refractivity contribution in [3.8, 4) is 11.5 Å². The minimum absolute atomic E-state index is 0.191. The van der Waals surface area contributed by atoms with Gasteiger partial charge in [-0.3, -0.25) is 9.00 Å². The summed E-state index contributed by atoms with van der Waals surface area (Å²) in [5.74, 6) is 2.45. The Bertz CT molecular complexity index is 577. The number of unbranched alkanes of at least 4 members (excludes halogenated alkanes) is 5. The molecule has 2 unspecified atom stereocenters. The van der Waals surface area contributed by atoms with Gasteiger partial charge in [0.1, 0.15) is 0 Å². The molecule has 0 fully saturated rings. The number of thiol groups is 1. The quantitative estimate of drug-likeness (QED) is 0.448. The zero-order valence-electron chi connectivity index (χ0n) is 15.7. The molecule has 1 aliphatic rings. The monoisotopic (exact) mass is 401 g/mol. The molecular weight excluding hydrogens is 370 g/mol. The van der Waals surface area contributed by atoms with Gasteiger partial charge in [0, 0.05) is 21.8 Å². The third-order valence-electron chi connectivity index (χ3n) is 4.11. The molecule has 7 heteroatoms. The number of carbonyl (C=O) groups is 1. The first-order valence-electron chi connectivity index (χ1n) is 9.18. The fraction of sp³-hybridized carbons (Fsp3) is 0.632. The van der Waals surface area contributed by atoms with Gasteiger partial charge in [-0.25, -0.2) is 0 Å². The normalized spacial score (nSPS) is 14.3. The Labute approximate surface area is 164 Å². The molecule has 0 saturated carbocycles. The standard InChI is InChI=1S/C18H28O3S.CH3NOS/c1-3-4-5-6-7-8-11-22(19)15(2)12-16-9-10-17-18(13-16)21-14-20-17;2-1(3)4/h9-10,13,15H,3-8,11-12,14H2,1-2H3;(H3,2,3,4). The van der Waals surface area contributed by atoms with Gasteiger partial charge >= 0.3 is 0 Å². The lowest BCUT2D eigenvalue weighted by Gasteiger charge is -2.12. The molecule has 1 heterocycles. The molecule has 5 nitrogen and oxygen atoms in total. The van der Waals surface area contributed by atoms with Crippen molar-refractivity contribution in [1.82, 2.24) is 0 Å². The lowest BCUT2D eigenvalue weighted by atomic mass is 10.1. The van der Waals surface area contributed by atoms with Crippen molar-refractivity contribution < 1.29 is 18.5 Å². The minimum atomic E-state index is -0.743. The van der Waals surface area contributed by atoms with E-state index in [9.17, 15) is 4.21 Å². The van der Waals surface area contributed by atoms with Crippen LogP contribution in [-0.4, -0.2) is 27.2 Å². The first-order valence-corrected chi connectivity index (χ1v) is 11.0. The highest BCUT2D eigenvalue weighted by Gasteiger charge is 2.16. The molecule has 148 valence electrons. The highest BCUT2D eigenvalue weighted by Crippen LogP contribution is 2.33. The zero-order valence-corrected chi connectivity index (χ0v) is 17.5. The summed E-state index contributed by atoms with van der Waals surface area (Å²) in [5.41, 5.74) is 5.51. The second-order valence-corrected chi connectivity index (χ2v) is 8.81. The van der Waals surface area contributed by atoms with E-state index >= 15 is 0 Å². The van der Waals surface area contributed by atoms with Crippen molar-refractivity contribution in [2.45, 2.75) is 64.0 Å². The molecule has 1 amide bonds. The van der Waals surface area contributed by atoms with Gasteiger partial charge in [0.05, 0.1) is 0 Å². The average Bonchev–Trinajstić information content (AvgIpc) is 3.05. The van der Waals surface area contributed by atoms with E-state index < -0.39 is 16.0 Å². The van der Waals surface area contributed by atoms with Crippen molar-refractivity contribution in [2.24, 2.45) is 5.73 Å². The summed E-state index contributed by atoms with van der Waals surface area (Å²) >= 11 is 3.10. The highest BCUT2D eigenvalue weighted by atomic mass is 32.2. The lowest BCUT2D eigenvalue weighted by molar-refractivity contribution is 0.174. The molecule has 2 atom stereocenters. The van der Waals surface area contributed by atoms with Gasteiger partial charge in [-0.1, -0.05) is 64.6 Å². The van der Waals surface area contributed by atoms with E-state index in [-0.39, 0.29) is 5.25 Å². The molecule has 1 aromatic carbocycles. The Morgan fingerprint density at radius 1 is 1.19 bits per heavy atom. The van der Waals surface area contributed by atoms with Crippen LogP contribution < -0.4 is 15.2 Å². The largest absolute Gasteiger partial charge is 0.454 e. The number of nitrogens with two attached hydrogens (primary N) is 1. The Morgan fingerprint density at radius 3 is 2.50 bits per heavy atom. The molecule has 0 aliphatic carbocycles. The molecule has 0 spiro atoms. The summed E-state index contributed by atoms with van der Waals surface area (Å²) in [7, 11) is -0.743. The maximum atomic E-state index is 12.3. The number of hydrogen-bond acceptors (Lipinski definition) is 4. The van der Waals surface area contributed by atoms with Gasteiger partial charge in [-0.2, -0.15) is 0 Å². The minimum Gasteiger partial charge on any atom is -0.454 e. The molecule has 2 N–H and O–H groups in total. The van der Waals surface area contributed by atoms with Gasteiger partial charge < -0.3 is 15.2 Å². The smallest absolute Gasteiger partial charge is 0.273 e. The molecule has 0 aromatic heterocycles. The lowest BCUT2D eigenvalue weighted by Crippen LogP contribution is -2.16. The van der Waals surface area contributed by atoms with Crippen LogP contribution in [-0.2, 0) is 17.2 Å². The fourth-order valence-corrected chi connectivity index (χ4v) is 3.99. The van der Waals surface area contributed by atoms with Crippen LogP contribution in [0.4, 0.5) is 4.79 Å². The molecule has 26 heavy (non-hydrogen) atoms. The third-order valence-corrected chi connectivity index (χ3v) is 5.86. The molecule has 0 radical (unpaired) electrons. The fourth-order valence-electron chi connectivity index (χ4n) is 2.72. The number of benzene rings is 1. The molecule has 2 rings (SSSR count). The summed E-state index contributed by atoms with van der Waals surface area (Å²) in [6.07, 6.45) is 8.32. The summed E-state index contributed by atoms with van der Waals surface area (Å²) in [6.45, 7) is 4.61. The number of amides is 1. The number of rotatable bonds is 10. The van der Waals surface area contributed by atoms with Crippen LogP contribution in [0.5, 0.6) is 11.5 Å². The maximum absolute atomic E-state index is 12.3. The molecule has 0 saturated heterocycles. The van der Waals surface area contributed by atoms with E-state index in [4.69, 9.17) is 14.3 Å². The van der Waals surface area contributed by atoms with Crippen molar-refractivity contribution in [3.05, 3.63) is 23.8 Å². The zero-order chi connectivity index (χ0) is 19.4.